The Morgan fingerprint density at radius 3 is 2.88 bits per heavy atom. The van der Waals surface area contributed by atoms with Crippen molar-refractivity contribution < 1.29 is 9.90 Å². The third-order valence-corrected chi connectivity index (χ3v) is 2.18. The van der Waals surface area contributed by atoms with Crippen LogP contribution in [-0.2, 0) is 4.79 Å². The Labute approximate surface area is 94.5 Å². The first kappa shape index (κ1) is 12.1. The normalized spacial score (nSPS) is 11.6. The molecule has 84 valence electrons. The van der Waals surface area contributed by atoms with Crippen LogP contribution in [0, 0.1) is 18.3 Å². The molecule has 4 nitrogen and oxygen atoms in total. The van der Waals surface area contributed by atoms with Crippen LogP contribution in [0.25, 0.3) is 0 Å². The fourth-order valence-corrected chi connectivity index (χ4v) is 1.45. The van der Waals surface area contributed by atoms with E-state index in [4.69, 9.17) is 10.4 Å². The molecule has 0 amide bonds. The molecule has 16 heavy (non-hydrogen) atoms. The van der Waals surface area contributed by atoms with Gasteiger partial charge in [0.15, 0.2) is 0 Å². The number of nitrogens with one attached hydrogen (secondary N) is 1. The average molecular weight is 218 g/mol. The summed E-state index contributed by atoms with van der Waals surface area (Å²) < 4.78 is 0. The molecule has 0 aliphatic heterocycles. The van der Waals surface area contributed by atoms with E-state index in [9.17, 15) is 4.79 Å². The number of carbonyl (C=O) groups is 1. The van der Waals surface area contributed by atoms with E-state index in [0.717, 1.165) is 5.56 Å². The van der Waals surface area contributed by atoms with Gasteiger partial charge in [-0.25, -0.2) is 0 Å². The highest BCUT2D eigenvalue weighted by molar-refractivity contribution is 5.68. The van der Waals surface area contributed by atoms with E-state index in [1.807, 2.05) is 13.0 Å². The van der Waals surface area contributed by atoms with Crippen LogP contribution in [0.3, 0.4) is 0 Å². The summed E-state index contributed by atoms with van der Waals surface area (Å²) in [6, 6.07) is 7.34. The number of nitrogens with zero attached hydrogens (tertiary/aromatic N) is 1. The summed E-state index contributed by atoms with van der Waals surface area (Å²) in [7, 11) is 0. The highest BCUT2D eigenvalue weighted by Crippen LogP contribution is 2.17. The Balaban J connectivity index is 2.81. The zero-order valence-corrected chi connectivity index (χ0v) is 9.32. The minimum Gasteiger partial charge on any atom is -0.481 e. The SMILES string of the molecule is Cc1ccc(NC(C)CC(=O)O)c(C#N)c1. The van der Waals surface area contributed by atoms with Crippen molar-refractivity contribution >= 4 is 11.7 Å². The largest absolute Gasteiger partial charge is 0.481 e. The van der Waals surface area contributed by atoms with E-state index in [1.54, 1.807) is 19.1 Å². The van der Waals surface area contributed by atoms with Crippen molar-refractivity contribution in [3.05, 3.63) is 29.3 Å². The molecule has 0 spiro atoms. The summed E-state index contributed by atoms with van der Waals surface area (Å²) in [5.74, 6) is -0.856. The van der Waals surface area contributed by atoms with Crippen LogP contribution in [0.4, 0.5) is 5.69 Å². The number of carboxylic acid groups (broad SMARTS) is 1. The van der Waals surface area contributed by atoms with Crippen molar-refractivity contribution in [2.24, 2.45) is 0 Å². The molecule has 1 aromatic carbocycles. The Morgan fingerprint density at radius 2 is 2.31 bits per heavy atom. The van der Waals surface area contributed by atoms with Crippen LogP contribution in [0.5, 0.6) is 0 Å². The van der Waals surface area contributed by atoms with E-state index < -0.39 is 5.97 Å². The highest BCUT2D eigenvalue weighted by atomic mass is 16.4. The molecule has 0 saturated carbocycles. The van der Waals surface area contributed by atoms with E-state index in [0.29, 0.717) is 11.3 Å². The number of rotatable bonds is 4. The van der Waals surface area contributed by atoms with E-state index >= 15 is 0 Å². The van der Waals surface area contributed by atoms with Gasteiger partial charge >= 0.3 is 5.97 Å². The monoisotopic (exact) mass is 218 g/mol. The van der Waals surface area contributed by atoms with Crippen molar-refractivity contribution in [2.45, 2.75) is 26.3 Å². The number of benzene rings is 1. The molecule has 0 aliphatic carbocycles. The van der Waals surface area contributed by atoms with Gasteiger partial charge in [0.25, 0.3) is 0 Å². The molecule has 0 bridgehead atoms. The zero-order valence-electron chi connectivity index (χ0n) is 9.32. The third-order valence-electron chi connectivity index (χ3n) is 2.18. The number of aliphatic carboxylic acids is 1. The fraction of sp³-hybridized carbons (Fsp3) is 0.333. The van der Waals surface area contributed by atoms with Crippen molar-refractivity contribution in [3.8, 4) is 6.07 Å². The number of aryl methyl sites for hydroxylation is 1. The molecular weight excluding hydrogens is 204 g/mol. The van der Waals surface area contributed by atoms with Gasteiger partial charge in [-0.05, 0) is 31.5 Å². The molecule has 0 fully saturated rings. The lowest BCUT2D eigenvalue weighted by atomic mass is 10.1. The molecule has 0 aromatic heterocycles. The summed E-state index contributed by atoms with van der Waals surface area (Å²) in [5.41, 5.74) is 2.23. The van der Waals surface area contributed by atoms with Gasteiger partial charge in [-0.2, -0.15) is 5.26 Å². The fourth-order valence-electron chi connectivity index (χ4n) is 1.45. The zero-order chi connectivity index (χ0) is 12.1. The maximum absolute atomic E-state index is 10.5. The van der Waals surface area contributed by atoms with Crippen LogP contribution in [-0.4, -0.2) is 17.1 Å². The summed E-state index contributed by atoms with van der Waals surface area (Å²) in [5, 5.41) is 20.6. The quantitative estimate of drug-likeness (QED) is 0.812. The molecular formula is C12H14N2O2. The van der Waals surface area contributed by atoms with E-state index in [-0.39, 0.29) is 12.5 Å². The minimum absolute atomic E-state index is 0.0265. The molecule has 1 unspecified atom stereocenters. The second kappa shape index (κ2) is 5.17. The number of carboxylic acids is 1. The van der Waals surface area contributed by atoms with Crippen LogP contribution in [0.2, 0.25) is 0 Å². The highest BCUT2D eigenvalue weighted by Gasteiger charge is 2.09. The molecule has 1 rings (SSSR count). The van der Waals surface area contributed by atoms with Crippen molar-refractivity contribution in [1.29, 1.82) is 5.26 Å². The summed E-state index contributed by atoms with van der Waals surface area (Å²) in [6.45, 7) is 3.68. The molecule has 1 aromatic rings. The van der Waals surface area contributed by atoms with E-state index in [2.05, 4.69) is 11.4 Å². The first-order valence-corrected chi connectivity index (χ1v) is 5.02. The molecule has 4 heteroatoms. The summed E-state index contributed by atoms with van der Waals surface area (Å²) in [4.78, 5) is 10.5. The van der Waals surface area contributed by atoms with Crippen molar-refractivity contribution in [3.63, 3.8) is 0 Å². The van der Waals surface area contributed by atoms with Crippen molar-refractivity contribution in [2.75, 3.05) is 5.32 Å². The average Bonchev–Trinajstić information content (AvgIpc) is 2.19. The number of hydrogen-bond acceptors (Lipinski definition) is 3. The first-order chi connectivity index (χ1) is 7.52. The molecule has 0 aliphatic rings. The van der Waals surface area contributed by atoms with Gasteiger partial charge in [0.1, 0.15) is 6.07 Å². The Kier molecular flexibility index (Phi) is 3.90. The number of hydrogen-bond donors (Lipinski definition) is 2. The van der Waals surface area contributed by atoms with Gasteiger partial charge in [0.2, 0.25) is 0 Å². The molecule has 0 heterocycles. The van der Waals surface area contributed by atoms with Crippen LogP contribution < -0.4 is 5.32 Å². The second-order valence-corrected chi connectivity index (χ2v) is 3.80. The second-order valence-electron chi connectivity index (χ2n) is 3.80. The molecule has 0 saturated heterocycles. The summed E-state index contributed by atoms with van der Waals surface area (Å²) >= 11 is 0. The molecule has 0 radical (unpaired) electrons. The maximum Gasteiger partial charge on any atom is 0.305 e. The van der Waals surface area contributed by atoms with E-state index in [1.165, 1.54) is 0 Å². The number of nitriles is 1. The predicted octanol–water partition coefficient (Wildman–Crippen LogP) is 2.14. The maximum atomic E-state index is 10.5. The smallest absolute Gasteiger partial charge is 0.305 e. The predicted molar refractivity (Wildman–Crippen MR) is 61.2 cm³/mol. The Morgan fingerprint density at radius 1 is 1.62 bits per heavy atom. The lowest BCUT2D eigenvalue weighted by Crippen LogP contribution is -2.19. The lowest BCUT2D eigenvalue weighted by Gasteiger charge is -2.14. The Hall–Kier alpha value is -2.02. The minimum atomic E-state index is -0.856. The van der Waals surface area contributed by atoms with Crippen LogP contribution in [0.15, 0.2) is 18.2 Å². The van der Waals surface area contributed by atoms with Crippen LogP contribution in [0.1, 0.15) is 24.5 Å². The van der Waals surface area contributed by atoms with Gasteiger partial charge in [-0.3, -0.25) is 4.79 Å². The molecule has 2 N–H and O–H groups in total. The van der Waals surface area contributed by atoms with Crippen LogP contribution >= 0.6 is 0 Å². The lowest BCUT2D eigenvalue weighted by molar-refractivity contribution is -0.137. The van der Waals surface area contributed by atoms with Gasteiger partial charge in [0.05, 0.1) is 17.7 Å². The van der Waals surface area contributed by atoms with Gasteiger partial charge in [-0.1, -0.05) is 6.07 Å². The van der Waals surface area contributed by atoms with Gasteiger partial charge in [0, 0.05) is 6.04 Å². The van der Waals surface area contributed by atoms with Gasteiger partial charge in [-0.15, -0.1) is 0 Å². The van der Waals surface area contributed by atoms with Crippen molar-refractivity contribution in [1.82, 2.24) is 0 Å². The number of anilines is 1. The first-order valence-electron chi connectivity index (χ1n) is 5.02. The third kappa shape index (κ3) is 3.28. The van der Waals surface area contributed by atoms with Gasteiger partial charge < -0.3 is 10.4 Å². The Bertz CT molecular complexity index is 435. The summed E-state index contributed by atoms with van der Waals surface area (Å²) in [6.07, 6.45) is 0.0265. The molecule has 1 atom stereocenters. The standard InChI is InChI=1S/C12H14N2O2/c1-8-3-4-11(10(5-8)7-13)14-9(2)6-12(15)16/h3-5,9,14H,6H2,1-2H3,(H,15,16). The topological polar surface area (TPSA) is 73.1 Å².